The van der Waals surface area contributed by atoms with Crippen LogP contribution in [0.3, 0.4) is 0 Å². The molecule has 0 saturated carbocycles. The maximum Gasteiger partial charge on any atom is 0.354 e. The van der Waals surface area contributed by atoms with E-state index in [1.807, 2.05) is 0 Å². The summed E-state index contributed by atoms with van der Waals surface area (Å²) < 4.78 is 5.10. The molecule has 1 aromatic rings. The number of ether oxygens (including phenoxy) is 1. The Kier molecular flexibility index (Phi) is 3.60. The minimum Gasteiger partial charge on any atom is -0.455 e. The second kappa shape index (κ2) is 4.74. The van der Waals surface area contributed by atoms with Gasteiger partial charge >= 0.3 is 5.97 Å². The van der Waals surface area contributed by atoms with Gasteiger partial charge in [0.1, 0.15) is 17.6 Å². The third kappa shape index (κ3) is 4.08. The van der Waals surface area contributed by atoms with Gasteiger partial charge in [0.15, 0.2) is 0 Å². The van der Waals surface area contributed by atoms with E-state index in [-0.39, 0.29) is 5.70 Å². The van der Waals surface area contributed by atoms with Crippen LogP contribution in [0.2, 0.25) is 0 Å². The van der Waals surface area contributed by atoms with Crippen LogP contribution in [0.1, 0.15) is 26.5 Å². The number of hydrogen-bond acceptors (Lipinski definition) is 5. The maximum atomic E-state index is 11.5. The van der Waals surface area contributed by atoms with Gasteiger partial charge in [0.2, 0.25) is 0 Å². The van der Waals surface area contributed by atoms with E-state index in [0.717, 1.165) is 0 Å². The highest BCUT2D eigenvalue weighted by molar-refractivity contribution is 5.92. The molecule has 0 fully saturated rings. The molecule has 1 rings (SSSR count). The Balaban J connectivity index is 2.75. The Bertz CT molecular complexity index is 393. The molecule has 2 N–H and O–H groups in total. The predicted molar refractivity (Wildman–Crippen MR) is 60.0 cm³/mol. The zero-order valence-electron chi connectivity index (χ0n) is 9.60. The first-order chi connectivity index (χ1) is 7.38. The minimum atomic E-state index is -0.554. The number of nitrogens with two attached hydrogens (primary N) is 1. The van der Waals surface area contributed by atoms with Crippen LogP contribution in [-0.4, -0.2) is 21.5 Å². The van der Waals surface area contributed by atoms with Crippen molar-refractivity contribution in [2.24, 2.45) is 5.73 Å². The smallest absolute Gasteiger partial charge is 0.354 e. The molecule has 0 aliphatic rings. The standard InChI is InChI=1S/C11H15N3O2/c1-11(2,3)16-10(15)9(12)6-8-4-5-13-7-14-8/h4-7H,12H2,1-3H3/b9-6-. The first-order valence-electron chi connectivity index (χ1n) is 4.85. The molecule has 5 nitrogen and oxygen atoms in total. The predicted octanol–water partition coefficient (Wildman–Crippen LogP) is 1.12. The molecule has 16 heavy (non-hydrogen) atoms. The van der Waals surface area contributed by atoms with E-state index >= 15 is 0 Å². The van der Waals surface area contributed by atoms with Crippen LogP contribution in [0, 0.1) is 0 Å². The van der Waals surface area contributed by atoms with Crippen molar-refractivity contribution >= 4 is 12.0 Å². The Morgan fingerprint density at radius 1 is 1.50 bits per heavy atom. The van der Waals surface area contributed by atoms with Crippen LogP contribution in [-0.2, 0) is 9.53 Å². The minimum absolute atomic E-state index is 0.0219. The molecule has 0 unspecified atom stereocenters. The molecule has 0 amide bonds. The summed E-state index contributed by atoms with van der Waals surface area (Å²) in [5.41, 5.74) is 5.62. The molecular weight excluding hydrogens is 206 g/mol. The number of carbonyl (C=O) groups is 1. The SMILES string of the molecule is CC(C)(C)OC(=O)/C(N)=C/c1ccncn1. The topological polar surface area (TPSA) is 78.1 Å². The van der Waals surface area contributed by atoms with Crippen LogP contribution >= 0.6 is 0 Å². The molecule has 0 spiro atoms. The van der Waals surface area contributed by atoms with Crippen molar-refractivity contribution in [1.29, 1.82) is 0 Å². The first kappa shape index (κ1) is 12.2. The van der Waals surface area contributed by atoms with Crippen molar-refractivity contribution in [3.8, 4) is 0 Å². The summed E-state index contributed by atoms with van der Waals surface area (Å²) >= 11 is 0. The zero-order chi connectivity index (χ0) is 12.2. The van der Waals surface area contributed by atoms with Gasteiger partial charge in [-0.05, 0) is 32.9 Å². The fourth-order valence-corrected chi connectivity index (χ4v) is 0.942. The normalized spacial score (nSPS) is 12.3. The Hall–Kier alpha value is -1.91. The fraction of sp³-hybridized carbons (Fsp3) is 0.364. The molecule has 5 heteroatoms. The molecule has 0 radical (unpaired) electrons. The van der Waals surface area contributed by atoms with E-state index in [4.69, 9.17) is 10.5 Å². The number of esters is 1. The molecule has 86 valence electrons. The van der Waals surface area contributed by atoms with Crippen molar-refractivity contribution in [2.45, 2.75) is 26.4 Å². The van der Waals surface area contributed by atoms with E-state index in [0.29, 0.717) is 5.69 Å². The highest BCUT2D eigenvalue weighted by Gasteiger charge is 2.17. The highest BCUT2D eigenvalue weighted by Crippen LogP contribution is 2.10. The van der Waals surface area contributed by atoms with Crippen LogP contribution < -0.4 is 5.73 Å². The lowest BCUT2D eigenvalue weighted by Gasteiger charge is -2.19. The fourth-order valence-electron chi connectivity index (χ4n) is 0.942. The summed E-state index contributed by atoms with van der Waals surface area (Å²) in [5.74, 6) is -0.550. The molecule has 0 aromatic carbocycles. The lowest BCUT2D eigenvalue weighted by molar-refractivity contribution is -0.149. The lowest BCUT2D eigenvalue weighted by Crippen LogP contribution is -2.27. The average Bonchev–Trinajstić information content (AvgIpc) is 2.16. The quantitative estimate of drug-likeness (QED) is 0.598. The monoisotopic (exact) mass is 221 g/mol. The van der Waals surface area contributed by atoms with Gasteiger partial charge in [0.25, 0.3) is 0 Å². The van der Waals surface area contributed by atoms with E-state index < -0.39 is 11.6 Å². The molecule has 0 aliphatic heterocycles. The third-order valence-electron chi connectivity index (χ3n) is 1.54. The average molecular weight is 221 g/mol. The van der Waals surface area contributed by atoms with Crippen molar-refractivity contribution in [3.63, 3.8) is 0 Å². The van der Waals surface area contributed by atoms with Crippen molar-refractivity contribution in [3.05, 3.63) is 30.0 Å². The molecule has 1 heterocycles. The first-order valence-corrected chi connectivity index (χ1v) is 4.85. The third-order valence-corrected chi connectivity index (χ3v) is 1.54. The summed E-state index contributed by atoms with van der Waals surface area (Å²) in [6.07, 6.45) is 4.41. The lowest BCUT2D eigenvalue weighted by atomic mass is 10.2. The molecule has 0 aliphatic carbocycles. The second-order valence-electron chi connectivity index (χ2n) is 4.24. The van der Waals surface area contributed by atoms with Gasteiger partial charge < -0.3 is 10.5 Å². The van der Waals surface area contributed by atoms with E-state index in [9.17, 15) is 4.79 Å². The number of rotatable bonds is 2. The summed E-state index contributed by atoms with van der Waals surface area (Å²) in [4.78, 5) is 19.2. The van der Waals surface area contributed by atoms with Gasteiger partial charge in [-0.3, -0.25) is 0 Å². The van der Waals surface area contributed by atoms with Crippen LogP contribution in [0.4, 0.5) is 0 Å². The molecule has 1 aromatic heterocycles. The zero-order valence-corrected chi connectivity index (χ0v) is 9.60. The number of hydrogen-bond donors (Lipinski definition) is 1. The van der Waals surface area contributed by atoms with Gasteiger partial charge in [0.05, 0.1) is 5.69 Å². The highest BCUT2D eigenvalue weighted by atomic mass is 16.6. The summed E-state index contributed by atoms with van der Waals surface area (Å²) in [6, 6.07) is 1.65. The van der Waals surface area contributed by atoms with E-state index in [2.05, 4.69) is 9.97 Å². The van der Waals surface area contributed by atoms with Gasteiger partial charge in [0, 0.05) is 6.20 Å². The Morgan fingerprint density at radius 2 is 2.19 bits per heavy atom. The molecule has 0 bridgehead atoms. The maximum absolute atomic E-state index is 11.5. The van der Waals surface area contributed by atoms with Gasteiger partial charge in [-0.1, -0.05) is 0 Å². The number of carbonyl (C=O) groups excluding carboxylic acids is 1. The summed E-state index contributed by atoms with van der Waals surface area (Å²) in [5, 5.41) is 0. The largest absolute Gasteiger partial charge is 0.455 e. The van der Waals surface area contributed by atoms with Crippen molar-refractivity contribution < 1.29 is 9.53 Å². The number of nitrogens with zero attached hydrogens (tertiary/aromatic N) is 2. The Labute approximate surface area is 94.4 Å². The van der Waals surface area contributed by atoms with Gasteiger partial charge in [-0.2, -0.15) is 0 Å². The van der Waals surface area contributed by atoms with Crippen LogP contribution in [0.15, 0.2) is 24.3 Å². The molecule has 0 saturated heterocycles. The molecule has 0 atom stereocenters. The molecular formula is C11H15N3O2. The van der Waals surface area contributed by atoms with Gasteiger partial charge in [-0.25, -0.2) is 14.8 Å². The second-order valence-corrected chi connectivity index (χ2v) is 4.24. The summed E-state index contributed by atoms with van der Waals surface area (Å²) in [7, 11) is 0. The number of aromatic nitrogens is 2. The summed E-state index contributed by atoms with van der Waals surface area (Å²) in [6.45, 7) is 5.34. The van der Waals surface area contributed by atoms with Crippen LogP contribution in [0.25, 0.3) is 6.08 Å². The van der Waals surface area contributed by atoms with E-state index in [1.165, 1.54) is 12.4 Å². The Morgan fingerprint density at radius 3 is 2.69 bits per heavy atom. The van der Waals surface area contributed by atoms with Crippen LogP contribution in [0.5, 0.6) is 0 Å². The van der Waals surface area contributed by atoms with Gasteiger partial charge in [-0.15, -0.1) is 0 Å². The van der Waals surface area contributed by atoms with E-state index in [1.54, 1.807) is 33.0 Å². The van der Waals surface area contributed by atoms with Crippen molar-refractivity contribution in [1.82, 2.24) is 9.97 Å². The van der Waals surface area contributed by atoms with Crippen molar-refractivity contribution in [2.75, 3.05) is 0 Å².